The van der Waals surface area contributed by atoms with E-state index in [9.17, 15) is 4.79 Å². The van der Waals surface area contributed by atoms with E-state index in [4.69, 9.17) is 5.11 Å². The average molecular weight is 283 g/mol. The second-order valence-corrected chi connectivity index (χ2v) is 4.42. The summed E-state index contributed by atoms with van der Waals surface area (Å²) in [6.07, 6.45) is 2.45. The van der Waals surface area contributed by atoms with Gasteiger partial charge in [-0.05, 0) is 40.5 Å². The van der Waals surface area contributed by atoms with Gasteiger partial charge in [0, 0.05) is 12.6 Å². The lowest BCUT2D eigenvalue weighted by atomic mass is 10.2. The molecule has 0 aliphatic heterocycles. The lowest BCUT2D eigenvalue weighted by molar-refractivity contribution is -0.137. The number of nitrogens with zero attached hydrogens (tertiary/aromatic N) is 2. The molecule has 4 nitrogen and oxygen atoms in total. The Labute approximate surface area is 101 Å². The van der Waals surface area contributed by atoms with Crippen LogP contribution < -0.4 is 0 Å². The SMILES string of the molecule is Cc1ccn2c(CCC(=O)O)nc(Br)c2c1. The van der Waals surface area contributed by atoms with E-state index in [1.165, 1.54) is 0 Å². The van der Waals surface area contributed by atoms with Crippen molar-refractivity contribution in [3.8, 4) is 0 Å². The lowest BCUT2D eigenvalue weighted by Gasteiger charge is -2.00. The van der Waals surface area contributed by atoms with Crippen LogP contribution in [-0.4, -0.2) is 20.5 Å². The molecule has 0 radical (unpaired) electrons. The Morgan fingerprint density at radius 2 is 2.38 bits per heavy atom. The van der Waals surface area contributed by atoms with E-state index in [0.717, 1.165) is 21.5 Å². The zero-order valence-corrected chi connectivity index (χ0v) is 10.4. The van der Waals surface area contributed by atoms with E-state index < -0.39 is 5.97 Å². The summed E-state index contributed by atoms with van der Waals surface area (Å²) in [5.74, 6) is -0.0377. The van der Waals surface area contributed by atoms with Gasteiger partial charge in [-0.25, -0.2) is 4.98 Å². The number of aromatic nitrogens is 2. The quantitative estimate of drug-likeness (QED) is 0.941. The molecular weight excluding hydrogens is 272 g/mol. The summed E-state index contributed by atoms with van der Waals surface area (Å²) >= 11 is 3.38. The molecule has 2 aromatic rings. The summed E-state index contributed by atoms with van der Waals surface area (Å²) in [5, 5.41) is 8.65. The molecule has 0 unspecified atom stereocenters. The number of hydrogen-bond acceptors (Lipinski definition) is 2. The number of rotatable bonds is 3. The molecule has 0 saturated heterocycles. The third kappa shape index (κ3) is 2.09. The number of carboxylic acid groups (broad SMARTS) is 1. The van der Waals surface area contributed by atoms with Crippen LogP contribution in [-0.2, 0) is 11.2 Å². The van der Waals surface area contributed by atoms with Crippen molar-refractivity contribution in [2.75, 3.05) is 0 Å². The van der Waals surface area contributed by atoms with Gasteiger partial charge < -0.3 is 9.51 Å². The van der Waals surface area contributed by atoms with Crippen molar-refractivity contribution in [2.45, 2.75) is 19.8 Å². The molecule has 1 N–H and O–H groups in total. The van der Waals surface area contributed by atoms with E-state index in [1.807, 2.05) is 29.7 Å². The predicted octanol–water partition coefficient (Wildman–Crippen LogP) is 2.42. The highest BCUT2D eigenvalue weighted by molar-refractivity contribution is 9.10. The van der Waals surface area contributed by atoms with E-state index in [-0.39, 0.29) is 6.42 Å². The Kier molecular flexibility index (Phi) is 2.96. The van der Waals surface area contributed by atoms with Crippen LogP contribution in [0.4, 0.5) is 0 Å². The fourth-order valence-corrected chi connectivity index (χ4v) is 2.12. The van der Waals surface area contributed by atoms with Crippen LogP contribution in [0.25, 0.3) is 5.52 Å². The first kappa shape index (κ1) is 11.1. The van der Waals surface area contributed by atoms with Gasteiger partial charge >= 0.3 is 5.97 Å². The van der Waals surface area contributed by atoms with Crippen molar-refractivity contribution in [1.29, 1.82) is 0 Å². The molecule has 2 aromatic heterocycles. The summed E-state index contributed by atoms with van der Waals surface area (Å²) in [6.45, 7) is 2.01. The van der Waals surface area contributed by atoms with E-state index in [0.29, 0.717) is 6.42 Å². The molecular formula is C11H11BrN2O2. The number of carbonyl (C=O) groups is 1. The largest absolute Gasteiger partial charge is 0.481 e. The van der Waals surface area contributed by atoms with Gasteiger partial charge in [-0.2, -0.15) is 0 Å². The Morgan fingerprint density at radius 1 is 1.62 bits per heavy atom. The van der Waals surface area contributed by atoms with E-state index in [2.05, 4.69) is 20.9 Å². The molecule has 2 heterocycles. The van der Waals surface area contributed by atoms with Crippen molar-refractivity contribution >= 4 is 27.4 Å². The Hall–Kier alpha value is -1.36. The highest BCUT2D eigenvalue weighted by atomic mass is 79.9. The van der Waals surface area contributed by atoms with Crippen molar-refractivity contribution in [3.05, 3.63) is 34.3 Å². The number of hydrogen-bond donors (Lipinski definition) is 1. The number of carboxylic acids is 1. The molecule has 0 fully saturated rings. The molecule has 2 rings (SSSR count). The second kappa shape index (κ2) is 4.25. The molecule has 84 valence electrons. The highest BCUT2D eigenvalue weighted by Gasteiger charge is 2.10. The zero-order valence-electron chi connectivity index (χ0n) is 8.77. The van der Waals surface area contributed by atoms with Crippen molar-refractivity contribution in [2.24, 2.45) is 0 Å². The number of aryl methyl sites for hydroxylation is 2. The Morgan fingerprint density at radius 3 is 3.06 bits per heavy atom. The van der Waals surface area contributed by atoms with Crippen LogP contribution in [0.5, 0.6) is 0 Å². The number of pyridine rings is 1. The number of imidazole rings is 1. The normalized spacial score (nSPS) is 10.9. The topological polar surface area (TPSA) is 54.6 Å². The van der Waals surface area contributed by atoms with Gasteiger partial charge in [0.1, 0.15) is 10.4 Å². The van der Waals surface area contributed by atoms with Crippen LogP contribution in [0.1, 0.15) is 17.8 Å². The van der Waals surface area contributed by atoms with Gasteiger partial charge in [0.15, 0.2) is 0 Å². The molecule has 0 aliphatic carbocycles. The van der Waals surface area contributed by atoms with Crippen LogP contribution in [0, 0.1) is 6.92 Å². The van der Waals surface area contributed by atoms with E-state index in [1.54, 1.807) is 0 Å². The third-order valence-corrected chi connectivity index (χ3v) is 2.97. The minimum Gasteiger partial charge on any atom is -0.481 e. The number of halogens is 1. The molecule has 0 spiro atoms. The summed E-state index contributed by atoms with van der Waals surface area (Å²) in [5.41, 5.74) is 2.12. The summed E-state index contributed by atoms with van der Waals surface area (Å²) in [7, 11) is 0. The number of aliphatic carboxylic acids is 1. The third-order valence-electron chi connectivity index (χ3n) is 2.39. The molecule has 0 aliphatic rings. The molecule has 0 saturated carbocycles. The van der Waals surface area contributed by atoms with Gasteiger partial charge in [0.25, 0.3) is 0 Å². The van der Waals surface area contributed by atoms with Crippen LogP contribution in [0.2, 0.25) is 0 Å². The zero-order chi connectivity index (χ0) is 11.7. The molecule has 16 heavy (non-hydrogen) atoms. The van der Waals surface area contributed by atoms with Gasteiger partial charge in [-0.3, -0.25) is 4.79 Å². The van der Waals surface area contributed by atoms with Crippen molar-refractivity contribution < 1.29 is 9.90 Å². The molecule has 0 aromatic carbocycles. The highest BCUT2D eigenvalue weighted by Crippen LogP contribution is 2.20. The number of fused-ring (bicyclic) bond motifs is 1. The maximum Gasteiger partial charge on any atom is 0.303 e. The molecule has 0 amide bonds. The lowest BCUT2D eigenvalue weighted by Crippen LogP contribution is -2.01. The fourth-order valence-electron chi connectivity index (χ4n) is 1.61. The first-order chi connectivity index (χ1) is 7.58. The average Bonchev–Trinajstić information content (AvgIpc) is 2.53. The maximum atomic E-state index is 10.5. The Bertz CT molecular complexity index is 548. The van der Waals surface area contributed by atoms with Gasteiger partial charge in [0.2, 0.25) is 0 Å². The first-order valence-electron chi connectivity index (χ1n) is 4.93. The summed E-state index contributed by atoms with van der Waals surface area (Å²) in [4.78, 5) is 14.8. The molecule has 0 atom stereocenters. The minimum atomic E-state index is -0.806. The summed E-state index contributed by atoms with van der Waals surface area (Å²) in [6, 6.07) is 3.99. The maximum absolute atomic E-state index is 10.5. The smallest absolute Gasteiger partial charge is 0.303 e. The fraction of sp³-hybridized carbons (Fsp3) is 0.273. The summed E-state index contributed by atoms with van der Waals surface area (Å²) < 4.78 is 2.68. The van der Waals surface area contributed by atoms with Crippen molar-refractivity contribution in [3.63, 3.8) is 0 Å². The molecule has 5 heteroatoms. The van der Waals surface area contributed by atoms with E-state index >= 15 is 0 Å². The van der Waals surface area contributed by atoms with Crippen LogP contribution in [0.15, 0.2) is 22.9 Å². The monoisotopic (exact) mass is 282 g/mol. The van der Waals surface area contributed by atoms with Crippen LogP contribution >= 0.6 is 15.9 Å². The molecule has 0 bridgehead atoms. The standard InChI is InChI=1S/C11H11BrN2O2/c1-7-4-5-14-8(6-7)11(12)13-9(14)2-3-10(15)16/h4-6H,2-3H2,1H3,(H,15,16). The van der Waals surface area contributed by atoms with Gasteiger partial charge in [-0.1, -0.05) is 0 Å². The van der Waals surface area contributed by atoms with Gasteiger partial charge in [0.05, 0.1) is 11.9 Å². The van der Waals surface area contributed by atoms with Gasteiger partial charge in [-0.15, -0.1) is 0 Å². The first-order valence-corrected chi connectivity index (χ1v) is 5.72. The van der Waals surface area contributed by atoms with Crippen molar-refractivity contribution in [1.82, 2.24) is 9.38 Å². The Balaban J connectivity index is 2.43. The van der Waals surface area contributed by atoms with Crippen LogP contribution in [0.3, 0.4) is 0 Å². The predicted molar refractivity (Wildman–Crippen MR) is 63.6 cm³/mol. The minimum absolute atomic E-state index is 0.0967. The second-order valence-electron chi connectivity index (χ2n) is 3.67.